The number of aryl methyl sites for hydroxylation is 1. The molecule has 2 heterocycles. The molecule has 0 amide bonds. The van der Waals surface area contributed by atoms with Gasteiger partial charge in [0.25, 0.3) is 0 Å². The summed E-state index contributed by atoms with van der Waals surface area (Å²) in [5.41, 5.74) is 0. The van der Waals surface area contributed by atoms with Crippen molar-refractivity contribution in [1.82, 2.24) is 10.1 Å². The molecule has 0 fully saturated rings. The van der Waals surface area contributed by atoms with Crippen LogP contribution < -0.4 is 0 Å². The number of hydrogen-bond donors (Lipinski definition) is 0. The van der Waals surface area contributed by atoms with Gasteiger partial charge in [-0.3, -0.25) is 4.21 Å². The van der Waals surface area contributed by atoms with E-state index in [2.05, 4.69) is 10.1 Å². The van der Waals surface area contributed by atoms with Crippen molar-refractivity contribution in [2.24, 2.45) is 0 Å². The van der Waals surface area contributed by atoms with Crippen molar-refractivity contribution in [1.29, 1.82) is 0 Å². The zero-order valence-electron chi connectivity index (χ0n) is 11.1. The molecular weight excluding hydrogens is 268 g/mol. The topological polar surface area (TPSA) is 78.4 Å². The second-order valence-corrected chi connectivity index (χ2v) is 5.39. The predicted octanol–water partition coefficient (Wildman–Crippen LogP) is 2.38. The predicted molar refractivity (Wildman–Crippen MR) is 67.9 cm³/mol. The van der Waals surface area contributed by atoms with Crippen LogP contribution in [0.3, 0.4) is 0 Å². The Morgan fingerprint density at radius 3 is 2.95 bits per heavy atom. The van der Waals surface area contributed by atoms with E-state index in [0.717, 1.165) is 0 Å². The molecule has 0 N–H and O–H groups in total. The Bertz CT molecular complexity index is 564. The van der Waals surface area contributed by atoms with Gasteiger partial charge in [0, 0.05) is 6.61 Å². The summed E-state index contributed by atoms with van der Waals surface area (Å²) in [6.45, 7) is 6.08. The summed E-state index contributed by atoms with van der Waals surface area (Å²) in [4.78, 5) is 4.83. The van der Waals surface area contributed by atoms with Gasteiger partial charge in [0.15, 0.2) is 5.82 Å². The van der Waals surface area contributed by atoms with Crippen LogP contribution in [0.15, 0.2) is 26.2 Å². The van der Waals surface area contributed by atoms with Crippen LogP contribution in [-0.4, -0.2) is 21.0 Å². The third-order valence-electron chi connectivity index (χ3n) is 2.58. The second kappa shape index (κ2) is 6.12. The van der Waals surface area contributed by atoms with Gasteiger partial charge in [-0.25, -0.2) is 0 Å². The van der Waals surface area contributed by atoms with E-state index < -0.39 is 10.8 Å². The quantitative estimate of drug-likeness (QED) is 0.810. The van der Waals surface area contributed by atoms with E-state index in [9.17, 15) is 4.21 Å². The maximum atomic E-state index is 12.1. The molecule has 0 saturated heterocycles. The van der Waals surface area contributed by atoms with Crippen molar-refractivity contribution in [3.05, 3.63) is 29.8 Å². The Morgan fingerprint density at radius 2 is 2.32 bits per heavy atom. The zero-order valence-corrected chi connectivity index (χ0v) is 11.9. The first-order chi connectivity index (χ1) is 9.11. The van der Waals surface area contributed by atoms with E-state index in [4.69, 9.17) is 13.7 Å². The summed E-state index contributed by atoms with van der Waals surface area (Å²) in [5, 5.41) is 3.82. The van der Waals surface area contributed by atoms with Crippen LogP contribution in [0.25, 0.3) is 0 Å². The van der Waals surface area contributed by atoms with Crippen LogP contribution in [0.5, 0.6) is 0 Å². The van der Waals surface area contributed by atoms with Crippen molar-refractivity contribution in [2.75, 3.05) is 6.61 Å². The third kappa shape index (κ3) is 3.30. The highest BCUT2D eigenvalue weighted by molar-refractivity contribution is 7.84. The lowest BCUT2D eigenvalue weighted by molar-refractivity contribution is 0.0683. The summed E-state index contributed by atoms with van der Waals surface area (Å²) in [5.74, 6) is 1.62. The number of furan rings is 1. The minimum absolute atomic E-state index is 0.173. The average molecular weight is 284 g/mol. The van der Waals surface area contributed by atoms with E-state index in [1.807, 2.05) is 13.8 Å². The molecule has 104 valence electrons. The molecule has 7 heteroatoms. The SMILES string of the molecule is CCO[C@H](C)c1noc(C[S@](=O)c2ccoc2C)n1. The Labute approximate surface area is 113 Å². The summed E-state index contributed by atoms with van der Waals surface area (Å²) in [7, 11) is -1.25. The fourth-order valence-corrected chi connectivity index (χ4v) is 2.69. The van der Waals surface area contributed by atoms with Crippen LogP contribution in [-0.2, 0) is 21.3 Å². The van der Waals surface area contributed by atoms with Crippen molar-refractivity contribution in [3.63, 3.8) is 0 Å². The molecule has 0 bridgehead atoms. The molecule has 2 aromatic heterocycles. The Hall–Kier alpha value is -1.47. The summed E-state index contributed by atoms with van der Waals surface area (Å²) >= 11 is 0. The van der Waals surface area contributed by atoms with E-state index >= 15 is 0 Å². The number of hydrogen-bond acceptors (Lipinski definition) is 6. The normalized spacial score (nSPS) is 14.5. The van der Waals surface area contributed by atoms with E-state index in [-0.39, 0.29) is 11.9 Å². The first-order valence-electron chi connectivity index (χ1n) is 5.98. The molecule has 0 radical (unpaired) electrons. The smallest absolute Gasteiger partial charge is 0.239 e. The first kappa shape index (κ1) is 14.0. The van der Waals surface area contributed by atoms with Gasteiger partial charge in [0.2, 0.25) is 5.89 Å². The molecule has 2 aromatic rings. The molecule has 0 aliphatic carbocycles. The van der Waals surface area contributed by atoms with Gasteiger partial charge in [-0.1, -0.05) is 5.16 Å². The number of nitrogens with zero attached hydrogens (tertiary/aromatic N) is 2. The van der Waals surface area contributed by atoms with E-state index in [1.54, 1.807) is 13.0 Å². The molecular formula is C12H16N2O4S. The van der Waals surface area contributed by atoms with Gasteiger partial charge >= 0.3 is 0 Å². The van der Waals surface area contributed by atoms with Gasteiger partial charge in [0.1, 0.15) is 17.6 Å². The summed E-state index contributed by atoms with van der Waals surface area (Å²) in [6.07, 6.45) is 1.28. The Kier molecular flexibility index (Phi) is 4.49. The van der Waals surface area contributed by atoms with Crippen LogP contribution >= 0.6 is 0 Å². The lowest BCUT2D eigenvalue weighted by Gasteiger charge is -2.04. The van der Waals surface area contributed by atoms with Crippen molar-refractivity contribution < 1.29 is 17.9 Å². The number of ether oxygens (including phenoxy) is 1. The summed E-state index contributed by atoms with van der Waals surface area (Å²) in [6, 6.07) is 1.69. The van der Waals surface area contributed by atoms with Crippen LogP contribution in [0, 0.1) is 6.92 Å². The van der Waals surface area contributed by atoms with Gasteiger partial charge in [0.05, 0.1) is 22.0 Å². The zero-order chi connectivity index (χ0) is 13.8. The second-order valence-electron chi connectivity index (χ2n) is 3.97. The molecule has 19 heavy (non-hydrogen) atoms. The summed E-state index contributed by atoms with van der Waals surface area (Å²) < 4.78 is 27.6. The lowest BCUT2D eigenvalue weighted by atomic mass is 10.4. The molecule has 0 saturated carbocycles. The van der Waals surface area contributed by atoms with E-state index in [1.165, 1.54) is 6.26 Å². The van der Waals surface area contributed by atoms with Crippen LogP contribution in [0.4, 0.5) is 0 Å². The number of aromatic nitrogens is 2. The molecule has 0 aliphatic rings. The molecule has 0 unspecified atom stereocenters. The minimum atomic E-state index is -1.25. The first-order valence-corrected chi connectivity index (χ1v) is 7.30. The standard InChI is InChI=1S/C12H16N2O4S/c1-4-16-9(3)12-13-11(18-14-12)7-19(15)10-5-6-17-8(10)2/h5-6,9H,4,7H2,1-3H3/t9-,19+/m1/s1. The molecule has 0 spiro atoms. The van der Waals surface area contributed by atoms with Gasteiger partial charge in [-0.05, 0) is 26.8 Å². The van der Waals surface area contributed by atoms with Crippen LogP contribution in [0.1, 0.15) is 37.4 Å². The Balaban J connectivity index is 2.04. The molecule has 6 nitrogen and oxygen atoms in total. The fraction of sp³-hybridized carbons (Fsp3) is 0.500. The largest absolute Gasteiger partial charge is 0.468 e. The van der Waals surface area contributed by atoms with E-state index in [0.29, 0.717) is 29.0 Å². The van der Waals surface area contributed by atoms with Gasteiger partial charge in [-0.2, -0.15) is 4.98 Å². The fourth-order valence-electron chi connectivity index (χ4n) is 1.62. The highest BCUT2D eigenvalue weighted by Gasteiger charge is 2.17. The van der Waals surface area contributed by atoms with Crippen molar-refractivity contribution >= 4 is 10.8 Å². The molecule has 0 aliphatic heterocycles. The molecule has 0 aromatic carbocycles. The molecule has 2 rings (SSSR count). The average Bonchev–Trinajstić information content (AvgIpc) is 2.98. The maximum Gasteiger partial charge on any atom is 0.239 e. The van der Waals surface area contributed by atoms with Crippen molar-refractivity contribution in [2.45, 2.75) is 37.5 Å². The monoisotopic (exact) mass is 284 g/mol. The van der Waals surface area contributed by atoms with Gasteiger partial charge in [-0.15, -0.1) is 0 Å². The minimum Gasteiger partial charge on any atom is -0.468 e. The van der Waals surface area contributed by atoms with Crippen LogP contribution in [0.2, 0.25) is 0 Å². The highest BCUT2D eigenvalue weighted by atomic mass is 32.2. The molecule has 2 atom stereocenters. The third-order valence-corrected chi connectivity index (χ3v) is 4.00. The maximum absolute atomic E-state index is 12.1. The van der Waals surface area contributed by atoms with Crippen molar-refractivity contribution in [3.8, 4) is 0 Å². The Morgan fingerprint density at radius 1 is 1.53 bits per heavy atom. The highest BCUT2D eigenvalue weighted by Crippen LogP contribution is 2.18. The number of rotatable bonds is 6. The van der Waals surface area contributed by atoms with Gasteiger partial charge < -0.3 is 13.7 Å². The lowest BCUT2D eigenvalue weighted by Crippen LogP contribution is -2.02.